The van der Waals surface area contributed by atoms with E-state index >= 15 is 0 Å². The number of anilines is 1. The molecule has 0 bridgehead atoms. The van der Waals surface area contributed by atoms with E-state index in [2.05, 4.69) is 66.3 Å². The molecule has 0 saturated carbocycles. The molecule has 0 radical (unpaired) electrons. The van der Waals surface area contributed by atoms with Gasteiger partial charge < -0.3 is 5.32 Å². The third-order valence-electron chi connectivity index (χ3n) is 2.95. The van der Waals surface area contributed by atoms with Crippen molar-refractivity contribution in [1.82, 2.24) is 9.38 Å². The first-order chi connectivity index (χ1) is 9.15. The van der Waals surface area contributed by atoms with Crippen LogP contribution in [0.15, 0.2) is 35.8 Å². The first kappa shape index (κ1) is 12.2. The number of pyridine rings is 1. The SMILES string of the molecule is Cc1ccc2nc(-c3cccs3)c(NC(C)C)n2c1. The second-order valence-electron chi connectivity index (χ2n) is 5.02. The van der Waals surface area contributed by atoms with Gasteiger partial charge in [0.1, 0.15) is 17.2 Å². The van der Waals surface area contributed by atoms with Gasteiger partial charge in [-0.2, -0.15) is 0 Å². The van der Waals surface area contributed by atoms with E-state index in [-0.39, 0.29) is 0 Å². The zero-order valence-electron chi connectivity index (χ0n) is 11.3. The van der Waals surface area contributed by atoms with Gasteiger partial charge in [-0.15, -0.1) is 11.3 Å². The van der Waals surface area contributed by atoms with Crippen LogP contribution in [0.3, 0.4) is 0 Å². The molecule has 0 amide bonds. The lowest BCUT2D eigenvalue weighted by molar-refractivity contribution is 0.885. The number of nitrogens with one attached hydrogen (secondary N) is 1. The van der Waals surface area contributed by atoms with Gasteiger partial charge in [-0.3, -0.25) is 4.40 Å². The Labute approximate surface area is 116 Å². The molecule has 0 spiro atoms. The highest BCUT2D eigenvalue weighted by Crippen LogP contribution is 2.32. The van der Waals surface area contributed by atoms with Gasteiger partial charge in [-0.25, -0.2) is 4.98 Å². The molecule has 0 aliphatic rings. The van der Waals surface area contributed by atoms with E-state index in [1.807, 2.05) is 0 Å². The lowest BCUT2D eigenvalue weighted by Gasteiger charge is -2.11. The number of aromatic nitrogens is 2. The van der Waals surface area contributed by atoms with Crippen LogP contribution in [0.2, 0.25) is 0 Å². The molecule has 98 valence electrons. The normalized spacial score (nSPS) is 11.4. The Bertz CT molecular complexity index is 696. The largest absolute Gasteiger partial charge is 0.367 e. The molecule has 4 heteroatoms. The summed E-state index contributed by atoms with van der Waals surface area (Å²) < 4.78 is 2.14. The third-order valence-corrected chi connectivity index (χ3v) is 3.82. The fourth-order valence-electron chi connectivity index (χ4n) is 2.15. The van der Waals surface area contributed by atoms with Gasteiger partial charge in [0.25, 0.3) is 0 Å². The summed E-state index contributed by atoms with van der Waals surface area (Å²) in [5, 5.41) is 5.61. The Kier molecular flexibility index (Phi) is 3.03. The molecular formula is C15H17N3S. The molecule has 3 nitrogen and oxygen atoms in total. The smallest absolute Gasteiger partial charge is 0.139 e. The van der Waals surface area contributed by atoms with Crippen LogP contribution < -0.4 is 5.32 Å². The van der Waals surface area contributed by atoms with Crippen LogP contribution in [0, 0.1) is 6.92 Å². The van der Waals surface area contributed by atoms with E-state index in [0.29, 0.717) is 6.04 Å². The van der Waals surface area contributed by atoms with Crippen molar-refractivity contribution < 1.29 is 0 Å². The monoisotopic (exact) mass is 271 g/mol. The van der Waals surface area contributed by atoms with Gasteiger partial charge in [0, 0.05) is 12.2 Å². The van der Waals surface area contributed by atoms with Crippen LogP contribution in [0.1, 0.15) is 19.4 Å². The highest BCUT2D eigenvalue weighted by atomic mass is 32.1. The van der Waals surface area contributed by atoms with Gasteiger partial charge in [-0.05, 0) is 43.8 Å². The molecule has 3 aromatic heterocycles. The minimum Gasteiger partial charge on any atom is -0.367 e. The zero-order chi connectivity index (χ0) is 13.4. The van der Waals surface area contributed by atoms with E-state index in [9.17, 15) is 0 Å². The highest BCUT2D eigenvalue weighted by molar-refractivity contribution is 7.13. The van der Waals surface area contributed by atoms with Gasteiger partial charge in [0.2, 0.25) is 0 Å². The van der Waals surface area contributed by atoms with Crippen LogP contribution in [0.4, 0.5) is 5.82 Å². The van der Waals surface area contributed by atoms with E-state index in [1.165, 1.54) is 10.4 Å². The van der Waals surface area contributed by atoms with Gasteiger partial charge in [-0.1, -0.05) is 12.1 Å². The fourth-order valence-corrected chi connectivity index (χ4v) is 2.86. The Hall–Kier alpha value is -1.81. The van der Waals surface area contributed by atoms with Crippen molar-refractivity contribution in [3.05, 3.63) is 41.4 Å². The van der Waals surface area contributed by atoms with Crippen molar-refractivity contribution in [3.63, 3.8) is 0 Å². The summed E-state index contributed by atoms with van der Waals surface area (Å²) in [6, 6.07) is 8.72. The first-order valence-corrected chi connectivity index (χ1v) is 7.32. The molecule has 0 atom stereocenters. The zero-order valence-corrected chi connectivity index (χ0v) is 12.2. The molecular weight excluding hydrogens is 254 g/mol. The van der Waals surface area contributed by atoms with E-state index in [4.69, 9.17) is 4.98 Å². The quantitative estimate of drug-likeness (QED) is 0.774. The second kappa shape index (κ2) is 4.70. The number of fused-ring (bicyclic) bond motifs is 1. The summed E-state index contributed by atoms with van der Waals surface area (Å²) in [5.74, 6) is 1.08. The summed E-state index contributed by atoms with van der Waals surface area (Å²) in [5.41, 5.74) is 3.25. The Balaban J connectivity index is 2.25. The number of thiophene rings is 1. The minimum atomic E-state index is 0.374. The number of nitrogens with zero attached hydrogens (tertiary/aromatic N) is 2. The molecule has 0 aromatic carbocycles. The standard InChI is InChI=1S/C15H17N3S/c1-10(2)16-15-14(12-5-4-8-19-12)17-13-7-6-11(3)9-18(13)15/h4-10,16H,1-3H3. The van der Waals surface area contributed by atoms with Crippen LogP contribution >= 0.6 is 11.3 Å². The molecule has 0 unspecified atom stereocenters. The number of hydrogen-bond acceptors (Lipinski definition) is 3. The van der Waals surface area contributed by atoms with E-state index in [0.717, 1.165) is 17.2 Å². The van der Waals surface area contributed by atoms with Crippen molar-refractivity contribution >= 4 is 22.8 Å². The molecule has 19 heavy (non-hydrogen) atoms. The molecule has 1 N–H and O–H groups in total. The predicted molar refractivity (Wildman–Crippen MR) is 82.0 cm³/mol. The maximum absolute atomic E-state index is 4.76. The maximum atomic E-state index is 4.76. The van der Waals surface area contributed by atoms with Crippen molar-refractivity contribution in [2.24, 2.45) is 0 Å². The molecule has 0 aliphatic carbocycles. The summed E-state index contributed by atoms with van der Waals surface area (Å²) in [6.45, 7) is 6.39. The van der Waals surface area contributed by atoms with Crippen LogP contribution in [-0.4, -0.2) is 15.4 Å². The molecule has 3 heterocycles. The Morgan fingerprint density at radius 1 is 1.26 bits per heavy atom. The van der Waals surface area contributed by atoms with Gasteiger partial charge in [0.05, 0.1) is 4.88 Å². The van der Waals surface area contributed by atoms with Crippen molar-refractivity contribution in [3.8, 4) is 10.6 Å². The molecule has 3 rings (SSSR count). The van der Waals surface area contributed by atoms with E-state index in [1.54, 1.807) is 11.3 Å². The van der Waals surface area contributed by atoms with Crippen LogP contribution in [0.5, 0.6) is 0 Å². The molecule has 0 fully saturated rings. The number of rotatable bonds is 3. The summed E-state index contributed by atoms with van der Waals surface area (Å²) >= 11 is 1.72. The second-order valence-corrected chi connectivity index (χ2v) is 5.97. The summed E-state index contributed by atoms with van der Waals surface area (Å²) in [7, 11) is 0. The van der Waals surface area contributed by atoms with Crippen molar-refractivity contribution in [2.45, 2.75) is 26.8 Å². The predicted octanol–water partition coefficient (Wildman–Crippen LogP) is 4.19. The minimum absolute atomic E-state index is 0.374. The van der Waals surface area contributed by atoms with Crippen molar-refractivity contribution in [1.29, 1.82) is 0 Å². The average Bonchev–Trinajstić information content (AvgIpc) is 2.97. The van der Waals surface area contributed by atoms with Crippen molar-refractivity contribution in [2.75, 3.05) is 5.32 Å². The van der Waals surface area contributed by atoms with E-state index < -0.39 is 0 Å². The number of aryl methyl sites for hydroxylation is 1. The van der Waals surface area contributed by atoms with Crippen LogP contribution in [0.25, 0.3) is 16.2 Å². The van der Waals surface area contributed by atoms with Gasteiger partial charge >= 0.3 is 0 Å². The number of hydrogen-bond donors (Lipinski definition) is 1. The van der Waals surface area contributed by atoms with Crippen LogP contribution in [-0.2, 0) is 0 Å². The third kappa shape index (κ3) is 2.24. The number of imidazole rings is 1. The first-order valence-electron chi connectivity index (χ1n) is 6.44. The molecule has 0 aliphatic heterocycles. The van der Waals surface area contributed by atoms with Gasteiger partial charge in [0.15, 0.2) is 0 Å². The fraction of sp³-hybridized carbons (Fsp3) is 0.267. The lowest BCUT2D eigenvalue weighted by Crippen LogP contribution is -2.12. The Morgan fingerprint density at radius 2 is 2.11 bits per heavy atom. The highest BCUT2D eigenvalue weighted by Gasteiger charge is 2.15. The summed E-state index contributed by atoms with van der Waals surface area (Å²) in [4.78, 5) is 5.96. The average molecular weight is 271 g/mol. The molecule has 0 saturated heterocycles. The lowest BCUT2D eigenvalue weighted by atomic mass is 10.3. The topological polar surface area (TPSA) is 29.3 Å². The summed E-state index contributed by atoms with van der Waals surface area (Å²) in [6.07, 6.45) is 2.13. The Morgan fingerprint density at radius 3 is 2.79 bits per heavy atom. The maximum Gasteiger partial charge on any atom is 0.139 e. The molecule has 3 aromatic rings.